The number of aryl methyl sites for hydroxylation is 1. The number of ether oxygens (including phenoxy) is 1. The number of ketones is 1. The van der Waals surface area contributed by atoms with Gasteiger partial charge in [0.2, 0.25) is 11.8 Å². The molecule has 0 aliphatic heterocycles. The van der Waals surface area contributed by atoms with Crippen LogP contribution in [-0.4, -0.2) is 53.0 Å². The van der Waals surface area contributed by atoms with Crippen LogP contribution in [0.1, 0.15) is 44.7 Å². The molecule has 0 radical (unpaired) electrons. The van der Waals surface area contributed by atoms with E-state index in [-0.39, 0.29) is 25.2 Å². The fourth-order valence-electron chi connectivity index (χ4n) is 3.48. The minimum absolute atomic E-state index is 0.00943. The number of aromatic nitrogens is 1. The summed E-state index contributed by atoms with van der Waals surface area (Å²) in [5.74, 6) is -2.08. The first-order valence-corrected chi connectivity index (χ1v) is 10.5. The Labute approximate surface area is 186 Å². The molecule has 0 fully saturated rings. The zero-order chi connectivity index (χ0) is 23.8. The average Bonchev–Trinajstić information content (AvgIpc) is 3.13. The number of fused-ring (bicyclic) bond motifs is 1. The number of carbonyl (C=O) groups is 4. The standard InChI is InChI=1S/C23H30N4O5/c1-13(2)32-23(31)19(9-8-17(29)11-24)27-22(30)20(26-15(4)28)10-16-12-25-18-7-5-6-14(3)21(16)18/h5-7,11-13,19-20,24-25H,8-10H2,1-4H3,(H,26,28)(H,27,30)/t19-,20-/m0/s1. The zero-order valence-corrected chi connectivity index (χ0v) is 18.8. The number of hydrogen-bond donors (Lipinski definition) is 4. The summed E-state index contributed by atoms with van der Waals surface area (Å²) in [7, 11) is 0. The van der Waals surface area contributed by atoms with E-state index in [1.54, 1.807) is 20.0 Å². The number of hydrogen-bond acceptors (Lipinski definition) is 6. The lowest BCUT2D eigenvalue weighted by Gasteiger charge is -2.23. The van der Waals surface area contributed by atoms with Gasteiger partial charge in [0, 0.05) is 36.9 Å². The Morgan fingerprint density at radius 3 is 2.50 bits per heavy atom. The molecule has 0 bridgehead atoms. The average molecular weight is 443 g/mol. The van der Waals surface area contributed by atoms with Crippen LogP contribution in [0.2, 0.25) is 0 Å². The molecule has 2 amide bonds. The number of Topliss-reactive ketones (excluding diaryl/α,β-unsaturated/α-hetero) is 1. The lowest BCUT2D eigenvalue weighted by molar-refractivity contribution is -0.151. The van der Waals surface area contributed by atoms with Gasteiger partial charge in [0.05, 0.1) is 12.3 Å². The number of esters is 1. The van der Waals surface area contributed by atoms with Crippen LogP contribution in [0.25, 0.3) is 10.9 Å². The quantitative estimate of drug-likeness (QED) is 0.311. The molecule has 2 atom stereocenters. The van der Waals surface area contributed by atoms with Crippen molar-refractivity contribution in [2.45, 2.75) is 65.1 Å². The molecule has 1 aromatic heterocycles. The van der Waals surface area contributed by atoms with E-state index in [2.05, 4.69) is 15.6 Å². The molecule has 32 heavy (non-hydrogen) atoms. The van der Waals surface area contributed by atoms with Crippen molar-refractivity contribution in [3.05, 3.63) is 35.5 Å². The Balaban J connectivity index is 2.24. The number of H-pyrrole nitrogens is 1. The molecule has 9 heteroatoms. The van der Waals surface area contributed by atoms with Gasteiger partial charge in [0.1, 0.15) is 12.1 Å². The molecule has 0 unspecified atom stereocenters. The Bertz CT molecular complexity index is 1010. The van der Waals surface area contributed by atoms with Crippen molar-refractivity contribution in [2.24, 2.45) is 0 Å². The molecule has 0 aliphatic rings. The van der Waals surface area contributed by atoms with E-state index in [0.717, 1.165) is 22.0 Å². The van der Waals surface area contributed by atoms with Crippen molar-refractivity contribution >= 4 is 40.7 Å². The third-order valence-corrected chi connectivity index (χ3v) is 4.91. The van der Waals surface area contributed by atoms with E-state index < -0.39 is 35.8 Å². The summed E-state index contributed by atoms with van der Waals surface area (Å²) >= 11 is 0. The Morgan fingerprint density at radius 2 is 1.88 bits per heavy atom. The maximum absolute atomic E-state index is 13.1. The van der Waals surface area contributed by atoms with Gasteiger partial charge in [-0.3, -0.25) is 14.4 Å². The zero-order valence-electron chi connectivity index (χ0n) is 18.8. The molecule has 2 aromatic rings. The van der Waals surface area contributed by atoms with E-state index in [0.29, 0.717) is 6.21 Å². The van der Waals surface area contributed by atoms with Crippen molar-refractivity contribution in [1.29, 1.82) is 5.41 Å². The molecule has 0 saturated carbocycles. The monoisotopic (exact) mass is 442 g/mol. The number of carbonyl (C=O) groups excluding carboxylic acids is 4. The molecule has 0 spiro atoms. The number of nitrogens with one attached hydrogen (secondary N) is 4. The predicted molar refractivity (Wildman–Crippen MR) is 121 cm³/mol. The molecule has 9 nitrogen and oxygen atoms in total. The highest BCUT2D eigenvalue weighted by Crippen LogP contribution is 2.23. The lowest BCUT2D eigenvalue weighted by Crippen LogP contribution is -2.52. The number of amides is 2. The molecular weight excluding hydrogens is 412 g/mol. The second kappa shape index (κ2) is 11.2. The van der Waals surface area contributed by atoms with Gasteiger partial charge in [-0.25, -0.2) is 4.79 Å². The van der Waals surface area contributed by atoms with Crippen molar-refractivity contribution < 1.29 is 23.9 Å². The summed E-state index contributed by atoms with van der Waals surface area (Å²) in [5, 5.41) is 13.3. The molecule has 0 aliphatic carbocycles. The van der Waals surface area contributed by atoms with Crippen LogP contribution in [0, 0.1) is 12.3 Å². The molecule has 2 rings (SSSR count). The van der Waals surface area contributed by atoms with Crippen LogP contribution in [0.5, 0.6) is 0 Å². The summed E-state index contributed by atoms with van der Waals surface area (Å²) in [6, 6.07) is 3.81. The third kappa shape index (κ3) is 6.76. The van der Waals surface area contributed by atoms with Gasteiger partial charge in [-0.05, 0) is 44.4 Å². The summed E-state index contributed by atoms with van der Waals surface area (Å²) < 4.78 is 5.20. The van der Waals surface area contributed by atoms with Gasteiger partial charge in [0.15, 0.2) is 5.78 Å². The maximum atomic E-state index is 13.1. The van der Waals surface area contributed by atoms with Crippen LogP contribution >= 0.6 is 0 Å². The fourth-order valence-corrected chi connectivity index (χ4v) is 3.48. The molecule has 172 valence electrons. The van der Waals surface area contributed by atoms with Crippen LogP contribution in [0.3, 0.4) is 0 Å². The predicted octanol–water partition coefficient (Wildman–Crippen LogP) is 1.96. The lowest BCUT2D eigenvalue weighted by atomic mass is 10.0. The van der Waals surface area contributed by atoms with E-state index in [1.807, 2.05) is 25.1 Å². The van der Waals surface area contributed by atoms with Gasteiger partial charge in [-0.1, -0.05) is 12.1 Å². The Morgan fingerprint density at radius 1 is 1.16 bits per heavy atom. The third-order valence-electron chi connectivity index (χ3n) is 4.91. The summed E-state index contributed by atoms with van der Waals surface area (Å²) in [5.41, 5.74) is 2.81. The summed E-state index contributed by atoms with van der Waals surface area (Å²) in [4.78, 5) is 52.0. The van der Waals surface area contributed by atoms with Crippen LogP contribution in [0.4, 0.5) is 0 Å². The van der Waals surface area contributed by atoms with Crippen LogP contribution < -0.4 is 10.6 Å². The fraction of sp³-hybridized carbons (Fsp3) is 0.435. The van der Waals surface area contributed by atoms with Crippen molar-refractivity contribution in [1.82, 2.24) is 15.6 Å². The van der Waals surface area contributed by atoms with E-state index in [4.69, 9.17) is 10.1 Å². The largest absolute Gasteiger partial charge is 0.461 e. The highest BCUT2D eigenvalue weighted by Gasteiger charge is 2.29. The van der Waals surface area contributed by atoms with E-state index in [9.17, 15) is 19.2 Å². The summed E-state index contributed by atoms with van der Waals surface area (Å²) in [6.07, 6.45) is 2.18. The van der Waals surface area contributed by atoms with Crippen LogP contribution in [-0.2, 0) is 30.3 Å². The van der Waals surface area contributed by atoms with Crippen molar-refractivity contribution in [2.75, 3.05) is 0 Å². The second-order valence-corrected chi connectivity index (χ2v) is 7.96. The number of aromatic amines is 1. The highest BCUT2D eigenvalue weighted by molar-refractivity contribution is 6.26. The van der Waals surface area contributed by atoms with E-state index in [1.165, 1.54) is 6.92 Å². The Kier molecular flexibility index (Phi) is 8.69. The second-order valence-electron chi connectivity index (χ2n) is 7.96. The van der Waals surface area contributed by atoms with Crippen molar-refractivity contribution in [3.63, 3.8) is 0 Å². The maximum Gasteiger partial charge on any atom is 0.328 e. The normalized spacial score (nSPS) is 12.8. The first-order chi connectivity index (χ1) is 15.1. The molecular formula is C23H30N4O5. The minimum Gasteiger partial charge on any atom is -0.461 e. The molecule has 4 N–H and O–H groups in total. The van der Waals surface area contributed by atoms with Gasteiger partial charge in [-0.15, -0.1) is 0 Å². The minimum atomic E-state index is -1.07. The number of rotatable bonds is 11. The topological polar surface area (TPSA) is 141 Å². The van der Waals surface area contributed by atoms with Gasteiger partial charge < -0.3 is 25.8 Å². The molecule has 0 saturated heterocycles. The van der Waals surface area contributed by atoms with Crippen molar-refractivity contribution in [3.8, 4) is 0 Å². The first kappa shape index (κ1) is 24.8. The van der Waals surface area contributed by atoms with Gasteiger partial charge in [-0.2, -0.15) is 0 Å². The molecule has 1 aromatic carbocycles. The van der Waals surface area contributed by atoms with Crippen LogP contribution in [0.15, 0.2) is 24.4 Å². The first-order valence-electron chi connectivity index (χ1n) is 10.5. The molecule has 1 heterocycles. The summed E-state index contributed by atoms with van der Waals surface area (Å²) in [6.45, 7) is 6.64. The highest BCUT2D eigenvalue weighted by atomic mass is 16.5. The smallest absolute Gasteiger partial charge is 0.328 e. The SMILES string of the molecule is CC(=O)N[C@@H](Cc1c[nH]c2cccc(C)c12)C(=O)N[C@@H](CCC(=O)C=N)C(=O)OC(C)C. The van der Waals surface area contributed by atoms with E-state index >= 15 is 0 Å². The Hall–Kier alpha value is -3.49. The van der Waals surface area contributed by atoms with Gasteiger partial charge >= 0.3 is 5.97 Å². The van der Waals surface area contributed by atoms with Gasteiger partial charge in [0.25, 0.3) is 0 Å². The number of benzene rings is 1.